The van der Waals surface area contributed by atoms with Crippen molar-refractivity contribution >= 4 is 11.9 Å². The SMILES string of the molecule is CCCCCCN=C(N)NCCNC(=O)C(C)C. The third-order valence-electron chi connectivity index (χ3n) is 2.55. The van der Waals surface area contributed by atoms with Gasteiger partial charge in [-0.3, -0.25) is 9.79 Å². The highest BCUT2D eigenvalue weighted by Crippen LogP contribution is 1.98. The molecule has 5 nitrogen and oxygen atoms in total. The second kappa shape index (κ2) is 10.9. The van der Waals surface area contributed by atoms with E-state index in [4.69, 9.17) is 5.73 Å². The molecule has 0 rings (SSSR count). The number of rotatable bonds is 9. The number of nitrogens with zero attached hydrogens (tertiary/aromatic N) is 1. The molecule has 0 saturated carbocycles. The van der Waals surface area contributed by atoms with E-state index in [1.165, 1.54) is 19.3 Å². The maximum Gasteiger partial charge on any atom is 0.222 e. The molecule has 0 aromatic heterocycles. The van der Waals surface area contributed by atoms with Crippen LogP contribution in [-0.2, 0) is 4.79 Å². The standard InChI is InChI=1S/C13H28N4O/c1-4-5-6-7-8-16-13(14)17-10-9-15-12(18)11(2)3/h11H,4-10H2,1-3H3,(H,15,18)(H3,14,16,17). The Balaban J connectivity index is 3.49. The Morgan fingerprint density at radius 3 is 2.44 bits per heavy atom. The van der Waals surface area contributed by atoms with Crippen LogP contribution < -0.4 is 16.4 Å². The van der Waals surface area contributed by atoms with Crippen LogP contribution in [0.5, 0.6) is 0 Å². The van der Waals surface area contributed by atoms with Gasteiger partial charge in [0.05, 0.1) is 0 Å². The number of hydrogen-bond acceptors (Lipinski definition) is 2. The first kappa shape index (κ1) is 16.7. The summed E-state index contributed by atoms with van der Waals surface area (Å²) in [5, 5.41) is 5.79. The number of nitrogens with two attached hydrogens (primary N) is 1. The summed E-state index contributed by atoms with van der Waals surface area (Å²) in [6.45, 7) is 7.89. The first-order valence-electron chi connectivity index (χ1n) is 6.89. The van der Waals surface area contributed by atoms with Gasteiger partial charge in [0.25, 0.3) is 0 Å². The average Bonchev–Trinajstić information content (AvgIpc) is 2.34. The van der Waals surface area contributed by atoms with Crippen LogP contribution in [0.25, 0.3) is 0 Å². The van der Waals surface area contributed by atoms with Gasteiger partial charge < -0.3 is 16.4 Å². The molecule has 18 heavy (non-hydrogen) atoms. The molecule has 0 heterocycles. The zero-order valence-corrected chi connectivity index (χ0v) is 12.0. The van der Waals surface area contributed by atoms with Crippen molar-refractivity contribution in [3.05, 3.63) is 0 Å². The summed E-state index contributed by atoms with van der Waals surface area (Å²) < 4.78 is 0. The lowest BCUT2D eigenvalue weighted by Gasteiger charge is -2.09. The molecule has 0 atom stereocenters. The van der Waals surface area contributed by atoms with Crippen LogP contribution in [0.4, 0.5) is 0 Å². The van der Waals surface area contributed by atoms with Crippen molar-refractivity contribution in [2.24, 2.45) is 16.6 Å². The lowest BCUT2D eigenvalue weighted by molar-refractivity contribution is -0.123. The van der Waals surface area contributed by atoms with Crippen molar-refractivity contribution in [2.75, 3.05) is 19.6 Å². The molecule has 0 spiro atoms. The van der Waals surface area contributed by atoms with Crippen LogP contribution in [0.2, 0.25) is 0 Å². The molecule has 5 heteroatoms. The average molecular weight is 256 g/mol. The highest BCUT2D eigenvalue weighted by Gasteiger charge is 2.04. The summed E-state index contributed by atoms with van der Waals surface area (Å²) in [6, 6.07) is 0. The van der Waals surface area contributed by atoms with Crippen LogP contribution in [0, 0.1) is 5.92 Å². The van der Waals surface area contributed by atoms with Crippen LogP contribution in [0.15, 0.2) is 4.99 Å². The van der Waals surface area contributed by atoms with E-state index in [2.05, 4.69) is 22.5 Å². The minimum absolute atomic E-state index is 0.0228. The summed E-state index contributed by atoms with van der Waals surface area (Å²) in [4.78, 5) is 15.5. The first-order chi connectivity index (χ1) is 8.57. The molecule has 106 valence electrons. The Morgan fingerprint density at radius 1 is 1.17 bits per heavy atom. The molecular formula is C13H28N4O. The number of unbranched alkanes of at least 4 members (excludes halogenated alkanes) is 3. The normalized spacial score (nSPS) is 11.7. The van der Waals surface area contributed by atoms with Crippen LogP contribution >= 0.6 is 0 Å². The van der Waals surface area contributed by atoms with E-state index in [0.717, 1.165) is 13.0 Å². The number of carbonyl (C=O) groups excluding carboxylic acids is 1. The van der Waals surface area contributed by atoms with Crippen LogP contribution in [0.3, 0.4) is 0 Å². The van der Waals surface area contributed by atoms with Crippen LogP contribution in [-0.4, -0.2) is 31.5 Å². The number of hydrogen-bond donors (Lipinski definition) is 3. The Bertz CT molecular complexity index is 251. The fourth-order valence-corrected chi connectivity index (χ4v) is 1.37. The molecule has 0 aliphatic heterocycles. The molecule has 0 bridgehead atoms. The molecule has 0 aromatic carbocycles. The largest absolute Gasteiger partial charge is 0.370 e. The molecule has 0 fully saturated rings. The van der Waals surface area contributed by atoms with Crippen molar-refractivity contribution in [3.8, 4) is 0 Å². The Labute approximate surface area is 111 Å². The maximum atomic E-state index is 11.3. The highest BCUT2D eigenvalue weighted by molar-refractivity contribution is 5.78. The quantitative estimate of drug-likeness (QED) is 0.330. The van der Waals surface area contributed by atoms with E-state index in [1.54, 1.807) is 0 Å². The van der Waals surface area contributed by atoms with Gasteiger partial charge in [0.2, 0.25) is 5.91 Å². The third-order valence-corrected chi connectivity index (χ3v) is 2.55. The van der Waals surface area contributed by atoms with E-state index in [1.807, 2.05) is 13.8 Å². The number of guanidine groups is 1. The van der Waals surface area contributed by atoms with Gasteiger partial charge in [-0.05, 0) is 6.42 Å². The monoisotopic (exact) mass is 256 g/mol. The van der Waals surface area contributed by atoms with Crippen molar-refractivity contribution in [1.29, 1.82) is 0 Å². The van der Waals surface area contributed by atoms with Gasteiger partial charge in [-0.15, -0.1) is 0 Å². The van der Waals surface area contributed by atoms with Crippen molar-refractivity contribution in [2.45, 2.75) is 46.5 Å². The van der Waals surface area contributed by atoms with Crippen LogP contribution in [0.1, 0.15) is 46.5 Å². The summed E-state index contributed by atoms with van der Waals surface area (Å²) in [5.74, 6) is 0.548. The van der Waals surface area contributed by atoms with E-state index in [-0.39, 0.29) is 11.8 Å². The summed E-state index contributed by atoms with van der Waals surface area (Å²) in [6.07, 6.45) is 4.77. The second-order valence-electron chi connectivity index (χ2n) is 4.70. The van der Waals surface area contributed by atoms with E-state index in [0.29, 0.717) is 19.0 Å². The smallest absolute Gasteiger partial charge is 0.222 e. The first-order valence-corrected chi connectivity index (χ1v) is 6.89. The highest BCUT2D eigenvalue weighted by atomic mass is 16.1. The van der Waals surface area contributed by atoms with Gasteiger partial charge in [0.1, 0.15) is 0 Å². The van der Waals surface area contributed by atoms with Crippen molar-refractivity contribution in [3.63, 3.8) is 0 Å². The molecule has 0 aromatic rings. The van der Waals surface area contributed by atoms with Gasteiger partial charge >= 0.3 is 0 Å². The molecular weight excluding hydrogens is 228 g/mol. The fraction of sp³-hybridized carbons (Fsp3) is 0.846. The number of carbonyl (C=O) groups is 1. The number of aliphatic imine (C=N–C) groups is 1. The van der Waals surface area contributed by atoms with E-state index >= 15 is 0 Å². The molecule has 0 saturated heterocycles. The molecule has 0 aliphatic rings. The van der Waals surface area contributed by atoms with E-state index in [9.17, 15) is 4.79 Å². The molecule has 0 aliphatic carbocycles. The Morgan fingerprint density at radius 2 is 1.83 bits per heavy atom. The number of amides is 1. The predicted octanol–water partition coefficient (Wildman–Crippen LogP) is 1.24. The topological polar surface area (TPSA) is 79.5 Å². The fourth-order valence-electron chi connectivity index (χ4n) is 1.37. The summed E-state index contributed by atoms with van der Waals surface area (Å²) in [5.41, 5.74) is 5.69. The molecule has 0 unspecified atom stereocenters. The van der Waals surface area contributed by atoms with Crippen molar-refractivity contribution < 1.29 is 4.79 Å². The van der Waals surface area contributed by atoms with Crippen molar-refractivity contribution in [1.82, 2.24) is 10.6 Å². The maximum absolute atomic E-state index is 11.3. The van der Waals surface area contributed by atoms with Gasteiger partial charge in [-0.2, -0.15) is 0 Å². The number of nitrogens with one attached hydrogen (secondary N) is 2. The Kier molecular flexibility index (Phi) is 10.1. The minimum Gasteiger partial charge on any atom is -0.370 e. The Hall–Kier alpha value is -1.26. The van der Waals surface area contributed by atoms with E-state index < -0.39 is 0 Å². The van der Waals surface area contributed by atoms with Gasteiger partial charge in [0, 0.05) is 25.6 Å². The molecule has 0 radical (unpaired) electrons. The second-order valence-corrected chi connectivity index (χ2v) is 4.70. The van der Waals surface area contributed by atoms with Gasteiger partial charge in [-0.25, -0.2) is 0 Å². The lowest BCUT2D eigenvalue weighted by Crippen LogP contribution is -2.39. The molecule has 1 amide bonds. The van der Waals surface area contributed by atoms with Gasteiger partial charge in [-0.1, -0.05) is 40.0 Å². The van der Waals surface area contributed by atoms with Gasteiger partial charge in [0.15, 0.2) is 5.96 Å². The zero-order valence-electron chi connectivity index (χ0n) is 12.0. The predicted molar refractivity (Wildman–Crippen MR) is 76.5 cm³/mol. The summed E-state index contributed by atoms with van der Waals surface area (Å²) >= 11 is 0. The third kappa shape index (κ3) is 9.93. The minimum atomic E-state index is 0.0228. The molecule has 4 N–H and O–H groups in total. The summed E-state index contributed by atoms with van der Waals surface area (Å²) in [7, 11) is 0. The zero-order chi connectivity index (χ0) is 13.8. The lowest BCUT2D eigenvalue weighted by atomic mass is 10.2.